The van der Waals surface area contributed by atoms with Gasteiger partial charge in [-0.15, -0.1) is 11.3 Å². The van der Waals surface area contributed by atoms with Gasteiger partial charge in [-0.2, -0.15) is 0 Å². The van der Waals surface area contributed by atoms with Crippen molar-refractivity contribution in [1.29, 1.82) is 0 Å². The van der Waals surface area contributed by atoms with Gasteiger partial charge in [-0.1, -0.05) is 11.8 Å². The van der Waals surface area contributed by atoms with Gasteiger partial charge in [-0.25, -0.2) is 0 Å². The van der Waals surface area contributed by atoms with Gasteiger partial charge in [0.25, 0.3) is 5.91 Å². The molecular formula is C15H14N2O3S. The van der Waals surface area contributed by atoms with E-state index in [-0.39, 0.29) is 18.1 Å². The van der Waals surface area contributed by atoms with Crippen molar-refractivity contribution in [1.82, 2.24) is 10.3 Å². The highest BCUT2D eigenvalue weighted by molar-refractivity contribution is 7.12. The second kappa shape index (κ2) is 7.43. The number of hydrogen-bond acceptors (Lipinski definition) is 4. The predicted molar refractivity (Wildman–Crippen MR) is 81.1 cm³/mol. The Morgan fingerprint density at radius 1 is 1.33 bits per heavy atom. The molecule has 5 nitrogen and oxygen atoms in total. The van der Waals surface area contributed by atoms with Crippen LogP contribution in [0.2, 0.25) is 0 Å². The number of aromatic nitrogens is 1. The van der Waals surface area contributed by atoms with E-state index in [0.29, 0.717) is 18.5 Å². The Kier molecular flexibility index (Phi) is 5.32. The molecule has 0 saturated carbocycles. The molecule has 0 atom stereocenters. The number of aliphatic hydroxyl groups is 1. The van der Waals surface area contributed by atoms with Crippen molar-refractivity contribution in [3.63, 3.8) is 0 Å². The number of pyridine rings is 1. The summed E-state index contributed by atoms with van der Waals surface area (Å²) in [4.78, 5) is 27.1. The highest BCUT2D eigenvalue weighted by Crippen LogP contribution is 2.15. The fraction of sp³-hybridized carbons (Fsp3) is 0.200. The zero-order chi connectivity index (χ0) is 15.1. The van der Waals surface area contributed by atoms with Crippen molar-refractivity contribution in [3.05, 3.63) is 56.1 Å². The Morgan fingerprint density at radius 3 is 2.90 bits per heavy atom. The summed E-state index contributed by atoms with van der Waals surface area (Å²) in [7, 11) is 0. The molecule has 2 aromatic rings. The van der Waals surface area contributed by atoms with Crippen molar-refractivity contribution in [3.8, 4) is 11.8 Å². The monoisotopic (exact) mass is 302 g/mol. The zero-order valence-electron chi connectivity index (χ0n) is 11.2. The lowest BCUT2D eigenvalue weighted by molar-refractivity contribution is 0.0951. The van der Waals surface area contributed by atoms with E-state index in [1.165, 1.54) is 29.7 Å². The summed E-state index contributed by atoms with van der Waals surface area (Å²) >= 11 is 1.50. The Labute approximate surface area is 125 Å². The van der Waals surface area contributed by atoms with Crippen molar-refractivity contribution in [2.24, 2.45) is 0 Å². The second-order valence-corrected chi connectivity index (χ2v) is 5.33. The Bertz CT molecular complexity index is 717. The maximum atomic E-state index is 11.9. The molecule has 2 aromatic heterocycles. The number of hydrogen-bond donors (Lipinski definition) is 3. The number of nitrogens with one attached hydrogen (secondary N) is 2. The Hall–Kier alpha value is -2.36. The lowest BCUT2D eigenvalue weighted by Crippen LogP contribution is -2.23. The lowest BCUT2D eigenvalue weighted by Gasteiger charge is -2.02. The average Bonchev–Trinajstić information content (AvgIpc) is 2.94. The van der Waals surface area contributed by atoms with Crippen LogP contribution in [-0.2, 0) is 6.54 Å². The predicted octanol–water partition coefficient (Wildman–Crippen LogP) is 1.10. The summed E-state index contributed by atoms with van der Waals surface area (Å²) in [5, 5.41) is 11.4. The van der Waals surface area contributed by atoms with Crippen molar-refractivity contribution in [2.45, 2.75) is 13.0 Å². The van der Waals surface area contributed by atoms with Crippen LogP contribution in [0.1, 0.15) is 26.5 Å². The number of H-pyrrole nitrogens is 1. The smallest absolute Gasteiger partial charge is 0.253 e. The van der Waals surface area contributed by atoms with E-state index in [2.05, 4.69) is 22.1 Å². The molecule has 21 heavy (non-hydrogen) atoms. The normalized spacial score (nSPS) is 9.76. The molecule has 0 unspecified atom stereocenters. The zero-order valence-corrected chi connectivity index (χ0v) is 12.0. The van der Waals surface area contributed by atoms with Crippen molar-refractivity contribution in [2.75, 3.05) is 6.61 Å². The third kappa shape index (κ3) is 4.60. The lowest BCUT2D eigenvalue weighted by atomic mass is 10.2. The van der Waals surface area contributed by atoms with E-state index in [1.54, 1.807) is 0 Å². The minimum Gasteiger partial charge on any atom is -0.395 e. The summed E-state index contributed by atoms with van der Waals surface area (Å²) in [5.74, 6) is 5.55. The molecule has 0 fully saturated rings. The minimum absolute atomic E-state index is 0.0560. The van der Waals surface area contributed by atoms with E-state index >= 15 is 0 Å². The fourth-order valence-electron chi connectivity index (χ4n) is 1.57. The molecule has 0 aromatic carbocycles. The number of carbonyl (C=O) groups is 1. The fourth-order valence-corrected chi connectivity index (χ4v) is 2.39. The van der Waals surface area contributed by atoms with E-state index in [4.69, 9.17) is 5.11 Å². The molecular weight excluding hydrogens is 288 g/mol. The standard InChI is InChI=1S/C15H14N2O3S/c18-8-2-1-3-12-5-6-13(21-12)10-17-15(20)11-4-7-14(19)16-9-11/h4-7,9,18H,2,8,10H2,(H,16,19)(H,17,20). The Balaban J connectivity index is 1.91. The maximum absolute atomic E-state index is 11.9. The van der Waals surface area contributed by atoms with Crippen LogP contribution in [0.4, 0.5) is 0 Å². The van der Waals surface area contributed by atoms with Gasteiger partial charge >= 0.3 is 0 Å². The SMILES string of the molecule is O=C(NCc1ccc(C#CCCO)s1)c1ccc(=O)[nH]c1. The summed E-state index contributed by atoms with van der Waals surface area (Å²) < 4.78 is 0. The number of carbonyl (C=O) groups excluding carboxylic acids is 1. The van der Waals surface area contributed by atoms with Gasteiger partial charge in [-0.3, -0.25) is 9.59 Å². The quantitative estimate of drug-likeness (QED) is 0.740. The maximum Gasteiger partial charge on any atom is 0.253 e. The van der Waals surface area contributed by atoms with E-state index in [1.807, 2.05) is 12.1 Å². The van der Waals surface area contributed by atoms with Crippen LogP contribution >= 0.6 is 11.3 Å². The van der Waals surface area contributed by atoms with Crippen LogP contribution in [0.5, 0.6) is 0 Å². The molecule has 1 amide bonds. The molecule has 0 aliphatic heterocycles. The van der Waals surface area contributed by atoms with Crippen molar-refractivity contribution < 1.29 is 9.90 Å². The molecule has 2 rings (SSSR count). The first kappa shape index (κ1) is 15.0. The first-order valence-corrected chi connectivity index (χ1v) is 7.16. The van der Waals surface area contributed by atoms with E-state index in [9.17, 15) is 9.59 Å². The van der Waals surface area contributed by atoms with Gasteiger partial charge in [0.1, 0.15) is 0 Å². The van der Waals surface area contributed by atoms with Gasteiger partial charge in [0.2, 0.25) is 5.56 Å². The van der Waals surface area contributed by atoms with Crippen molar-refractivity contribution >= 4 is 17.2 Å². The second-order valence-electron chi connectivity index (χ2n) is 4.17. The van der Waals surface area contributed by atoms with Gasteiger partial charge in [0.15, 0.2) is 0 Å². The summed E-state index contributed by atoms with van der Waals surface area (Å²) in [6.07, 6.45) is 1.84. The summed E-state index contributed by atoms with van der Waals surface area (Å²) in [6.45, 7) is 0.463. The highest BCUT2D eigenvalue weighted by Gasteiger charge is 2.06. The molecule has 0 bridgehead atoms. The molecule has 108 valence electrons. The van der Waals surface area contributed by atoms with Crippen LogP contribution < -0.4 is 10.9 Å². The van der Waals surface area contributed by atoms with Gasteiger partial charge in [0, 0.05) is 23.6 Å². The number of aromatic amines is 1. The van der Waals surface area contributed by atoms with E-state index in [0.717, 1.165) is 9.75 Å². The minimum atomic E-state index is -0.243. The third-order valence-electron chi connectivity index (χ3n) is 2.58. The first-order valence-electron chi connectivity index (χ1n) is 6.34. The van der Waals surface area contributed by atoms with Crippen LogP contribution in [0.15, 0.2) is 35.3 Å². The number of amides is 1. The van der Waals surface area contributed by atoms with Crippen LogP contribution in [0.3, 0.4) is 0 Å². The number of thiophene rings is 1. The molecule has 0 aliphatic carbocycles. The summed E-state index contributed by atoms with van der Waals surface area (Å²) in [5.41, 5.74) is 0.171. The molecule has 0 aliphatic rings. The number of aliphatic hydroxyl groups excluding tert-OH is 1. The molecule has 6 heteroatoms. The molecule has 0 radical (unpaired) electrons. The van der Waals surface area contributed by atoms with E-state index < -0.39 is 0 Å². The van der Waals surface area contributed by atoms with Gasteiger partial charge in [0.05, 0.1) is 23.6 Å². The van der Waals surface area contributed by atoms with Crippen LogP contribution in [0.25, 0.3) is 0 Å². The molecule has 0 spiro atoms. The third-order valence-corrected chi connectivity index (χ3v) is 3.58. The Morgan fingerprint density at radius 2 is 2.19 bits per heavy atom. The highest BCUT2D eigenvalue weighted by atomic mass is 32.1. The topological polar surface area (TPSA) is 82.2 Å². The molecule has 2 heterocycles. The number of rotatable bonds is 4. The largest absolute Gasteiger partial charge is 0.395 e. The molecule has 3 N–H and O–H groups in total. The average molecular weight is 302 g/mol. The first-order chi connectivity index (χ1) is 10.2. The molecule has 0 saturated heterocycles. The van der Waals surface area contributed by atoms with Crippen LogP contribution in [-0.4, -0.2) is 22.6 Å². The van der Waals surface area contributed by atoms with Gasteiger partial charge in [-0.05, 0) is 18.2 Å². The van der Waals surface area contributed by atoms with Gasteiger partial charge < -0.3 is 15.4 Å². The van der Waals surface area contributed by atoms with Crippen LogP contribution in [0, 0.1) is 11.8 Å². The summed E-state index contributed by atoms with van der Waals surface area (Å²) in [6, 6.07) is 6.58.